The molecule has 13 heavy (non-hydrogen) atoms. The molecule has 1 unspecified atom stereocenters. The molecule has 1 atom stereocenters. The molecule has 0 aromatic heterocycles. The molecule has 3 heteroatoms. The highest BCUT2D eigenvalue weighted by Crippen LogP contribution is 2.38. The Morgan fingerprint density at radius 2 is 2.31 bits per heavy atom. The number of rotatable bonds is 3. The van der Waals surface area contributed by atoms with Crippen molar-refractivity contribution in [2.45, 2.75) is 32.2 Å². The number of hydrogen-bond donors (Lipinski definition) is 2. The second-order valence-corrected chi connectivity index (χ2v) is 3.72. The van der Waals surface area contributed by atoms with Crippen LogP contribution in [0.2, 0.25) is 0 Å². The molecule has 1 saturated carbocycles. The summed E-state index contributed by atoms with van der Waals surface area (Å²) in [5, 5.41) is 2.87. The molecule has 3 N–H and O–H groups in total. The van der Waals surface area contributed by atoms with Crippen LogP contribution in [-0.2, 0) is 4.79 Å². The van der Waals surface area contributed by atoms with E-state index in [0.29, 0.717) is 12.5 Å². The van der Waals surface area contributed by atoms with Gasteiger partial charge in [0.1, 0.15) is 0 Å². The first-order chi connectivity index (χ1) is 6.12. The van der Waals surface area contributed by atoms with Crippen LogP contribution in [0.15, 0.2) is 0 Å². The molecule has 0 saturated heterocycles. The summed E-state index contributed by atoms with van der Waals surface area (Å²) in [5.74, 6) is 5.35. The lowest BCUT2D eigenvalue weighted by atomic mass is 9.96. The zero-order valence-corrected chi connectivity index (χ0v) is 8.18. The largest absolute Gasteiger partial charge is 0.339 e. The van der Waals surface area contributed by atoms with Gasteiger partial charge in [0, 0.05) is 6.54 Å². The normalized spacial score (nSPS) is 19.6. The van der Waals surface area contributed by atoms with Gasteiger partial charge in [0.2, 0.25) is 0 Å². The minimum atomic E-state index is -0.249. The van der Waals surface area contributed by atoms with Crippen LogP contribution in [0.1, 0.15) is 26.7 Å². The number of carbonyl (C=O) groups excluding carboxylic acids is 1. The van der Waals surface area contributed by atoms with Crippen molar-refractivity contribution in [2.75, 3.05) is 6.54 Å². The lowest BCUT2D eigenvalue weighted by Gasteiger charge is -2.28. The maximum atomic E-state index is 11.2. The highest BCUT2D eigenvalue weighted by atomic mass is 16.1. The molecule has 0 aromatic carbocycles. The Morgan fingerprint density at radius 3 is 2.69 bits per heavy atom. The summed E-state index contributed by atoms with van der Waals surface area (Å²) in [5.41, 5.74) is 5.38. The van der Waals surface area contributed by atoms with Crippen molar-refractivity contribution in [2.24, 2.45) is 11.7 Å². The van der Waals surface area contributed by atoms with E-state index < -0.39 is 0 Å². The van der Waals surface area contributed by atoms with Gasteiger partial charge in [0.25, 0.3) is 5.91 Å². The molecule has 1 aliphatic carbocycles. The molecule has 1 rings (SSSR count). The molecule has 3 nitrogen and oxygen atoms in total. The van der Waals surface area contributed by atoms with E-state index in [4.69, 9.17) is 5.73 Å². The number of nitrogens with one attached hydrogen (secondary N) is 1. The average molecular weight is 180 g/mol. The first kappa shape index (κ1) is 10.1. The van der Waals surface area contributed by atoms with Crippen LogP contribution in [0.25, 0.3) is 0 Å². The molecule has 0 bridgehead atoms. The molecule has 1 aliphatic rings. The first-order valence-corrected chi connectivity index (χ1v) is 4.57. The van der Waals surface area contributed by atoms with E-state index in [1.54, 1.807) is 6.92 Å². The molecule has 72 valence electrons. The molecule has 1 fully saturated rings. The summed E-state index contributed by atoms with van der Waals surface area (Å²) in [7, 11) is 0. The molecule has 0 aliphatic heterocycles. The van der Waals surface area contributed by atoms with Crippen molar-refractivity contribution in [1.82, 2.24) is 5.32 Å². The van der Waals surface area contributed by atoms with Crippen LogP contribution in [0, 0.1) is 17.8 Å². The monoisotopic (exact) mass is 180 g/mol. The van der Waals surface area contributed by atoms with E-state index >= 15 is 0 Å². The lowest BCUT2D eigenvalue weighted by molar-refractivity contribution is -0.117. The second kappa shape index (κ2) is 3.80. The van der Waals surface area contributed by atoms with Crippen molar-refractivity contribution in [3.63, 3.8) is 0 Å². The van der Waals surface area contributed by atoms with E-state index in [-0.39, 0.29) is 11.4 Å². The van der Waals surface area contributed by atoms with Gasteiger partial charge in [-0.3, -0.25) is 4.79 Å². The van der Waals surface area contributed by atoms with E-state index in [2.05, 4.69) is 17.2 Å². The minimum absolute atomic E-state index is 0.220. The summed E-state index contributed by atoms with van der Waals surface area (Å²) in [6.07, 6.45) is 2.32. The third-order valence-corrected chi connectivity index (χ3v) is 2.54. The van der Waals surface area contributed by atoms with E-state index in [9.17, 15) is 4.79 Å². The Hall–Kier alpha value is -1.01. The molecule has 0 radical (unpaired) electrons. The summed E-state index contributed by atoms with van der Waals surface area (Å²) in [4.78, 5) is 11.2. The van der Waals surface area contributed by atoms with Crippen LogP contribution in [-0.4, -0.2) is 18.0 Å². The maximum absolute atomic E-state index is 11.2. The zero-order valence-electron chi connectivity index (χ0n) is 8.18. The highest BCUT2D eigenvalue weighted by Gasteiger charge is 2.41. The summed E-state index contributed by atoms with van der Waals surface area (Å²) >= 11 is 0. The van der Waals surface area contributed by atoms with Gasteiger partial charge in [-0.25, -0.2) is 0 Å². The van der Waals surface area contributed by atoms with Gasteiger partial charge >= 0.3 is 0 Å². The lowest BCUT2D eigenvalue weighted by Crippen LogP contribution is -2.52. The van der Waals surface area contributed by atoms with Gasteiger partial charge in [-0.05, 0) is 38.5 Å². The quantitative estimate of drug-likeness (QED) is 0.612. The number of amides is 1. The van der Waals surface area contributed by atoms with Crippen molar-refractivity contribution >= 4 is 5.91 Å². The van der Waals surface area contributed by atoms with E-state index in [0.717, 1.165) is 12.8 Å². The van der Waals surface area contributed by atoms with Crippen LogP contribution >= 0.6 is 0 Å². The Bertz CT molecular complexity index is 260. The van der Waals surface area contributed by atoms with E-state index in [1.165, 1.54) is 0 Å². The van der Waals surface area contributed by atoms with Crippen molar-refractivity contribution in [3.05, 3.63) is 0 Å². The van der Waals surface area contributed by atoms with Gasteiger partial charge in [0.15, 0.2) is 0 Å². The third-order valence-electron chi connectivity index (χ3n) is 2.54. The predicted molar refractivity (Wildman–Crippen MR) is 51.8 cm³/mol. The third kappa shape index (κ3) is 2.46. The molecule has 0 heterocycles. The SMILES string of the molecule is CC#CC(=O)NC(C)(CN)C1CC1. The van der Waals surface area contributed by atoms with Crippen molar-refractivity contribution in [3.8, 4) is 11.8 Å². The fourth-order valence-corrected chi connectivity index (χ4v) is 1.44. The molecular formula is C10H16N2O. The standard InChI is InChI=1S/C10H16N2O/c1-3-4-9(13)12-10(2,7-11)8-5-6-8/h8H,5-7,11H2,1-2H3,(H,12,13). The van der Waals surface area contributed by atoms with Gasteiger partial charge < -0.3 is 11.1 Å². The van der Waals surface area contributed by atoms with Crippen LogP contribution in [0.3, 0.4) is 0 Å². The summed E-state index contributed by atoms with van der Waals surface area (Å²) in [6.45, 7) is 4.12. The summed E-state index contributed by atoms with van der Waals surface area (Å²) < 4.78 is 0. The molecule has 1 amide bonds. The summed E-state index contributed by atoms with van der Waals surface area (Å²) in [6, 6.07) is 0. The Morgan fingerprint density at radius 1 is 1.69 bits per heavy atom. The topological polar surface area (TPSA) is 55.1 Å². The van der Waals surface area contributed by atoms with Crippen molar-refractivity contribution < 1.29 is 4.79 Å². The second-order valence-electron chi connectivity index (χ2n) is 3.72. The van der Waals surface area contributed by atoms with Crippen LogP contribution in [0.4, 0.5) is 0 Å². The maximum Gasteiger partial charge on any atom is 0.296 e. The van der Waals surface area contributed by atoms with Crippen molar-refractivity contribution in [1.29, 1.82) is 0 Å². The van der Waals surface area contributed by atoms with Crippen LogP contribution in [0.5, 0.6) is 0 Å². The molecular weight excluding hydrogens is 164 g/mol. The highest BCUT2D eigenvalue weighted by molar-refractivity contribution is 5.93. The van der Waals surface area contributed by atoms with Gasteiger partial charge in [-0.2, -0.15) is 0 Å². The Balaban J connectivity index is 2.55. The zero-order chi connectivity index (χ0) is 9.90. The fourth-order valence-electron chi connectivity index (χ4n) is 1.44. The van der Waals surface area contributed by atoms with Crippen LogP contribution < -0.4 is 11.1 Å². The number of carbonyl (C=O) groups is 1. The number of nitrogens with two attached hydrogens (primary N) is 1. The Kier molecular flexibility index (Phi) is 2.94. The van der Waals surface area contributed by atoms with Gasteiger partial charge in [-0.15, -0.1) is 0 Å². The predicted octanol–water partition coefficient (Wildman–Crippen LogP) is 0.253. The Labute approximate surface area is 79.1 Å². The first-order valence-electron chi connectivity index (χ1n) is 4.57. The minimum Gasteiger partial charge on any atom is -0.339 e. The van der Waals surface area contributed by atoms with E-state index in [1.807, 2.05) is 6.92 Å². The van der Waals surface area contributed by atoms with Gasteiger partial charge in [-0.1, -0.05) is 5.92 Å². The fraction of sp³-hybridized carbons (Fsp3) is 0.700. The smallest absolute Gasteiger partial charge is 0.296 e. The molecule has 0 spiro atoms. The number of hydrogen-bond acceptors (Lipinski definition) is 2. The van der Waals surface area contributed by atoms with Gasteiger partial charge in [0.05, 0.1) is 5.54 Å². The molecule has 0 aromatic rings. The average Bonchev–Trinajstić information content (AvgIpc) is 2.86.